The van der Waals surface area contributed by atoms with Gasteiger partial charge in [-0.05, 0) is 61.6 Å². The highest BCUT2D eigenvalue weighted by molar-refractivity contribution is 5.29. The van der Waals surface area contributed by atoms with Crippen LogP contribution in [-0.4, -0.2) is 6.61 Å². The van der Waals surface area contributed by atoms with Gasteiger partial charge in [-0.1, -0.05) is 45.2 Å². The standard InChI is InChI=1S/C19H30O/c1-3-5-15-20-19-13-11-18(12-14-19)17-9-7-16(6-4-2)8-10-17/h11-14,16-17H,3-10,15H2,1-2H3. The average Bonchev–Trinajstić information content (AvgIpc) is 2.49. The first kappa shape index (κ1) is 15.4. The zero-order valence-corrected chi connectivity index (χ0v) is 13.2. The lowest BCUT2D eigenvalue weighted by atomic mass is 9.77. The maximum Gasteiger partial charge on any atom is 0.119 e. The fourth-order valence-corrected chi connectivity index (χ4v) is 3.36. The van der Waals surface area contributed by atoms with Gasteiger partial charge in [0.2, 0.25) is 0 Å². The number of hydrogen-bond donors (Lipinski definition) is 0. The molecule has 0 aromatic heterocycles. The Balaban J connectivity index is 1.81. The molecule has 112 valence electrons. The van der Waals surface area contributed by atoms with Gasteiger partial charge in [0.15, 0.2) is 0 Å². The van der Waals surface area contributed by atoms with E-state index in [0.29, 0.717) is 0 Å². The third-order valence-corrected chi connectivity index (χ3v) is 4.66. The van der Waals surface area contributed by atoms with E-state index in [-0.39, 0.29) is 0 Å². The lowest BCUT2D eigenvalue weighted by molar-refractivity contribution is 0.304. The summed E-state index contributed by atoms with van der Waals surface area (Å²) < 4.78 is 5.74. The minimum absolute atomic E-state index is 0.785. The predicted octanol–water partition coefficient (Wildman–Crippen LogP) is 5.94. The number of hydrogen-bond acceptors (Lipinski definition) is 1. The first-order valence-corrected chi connectivity index (χ1v) is 8.56. The maximum absolute atomic E-state index is 5.74. The molecule has 0 aliphatic heterocycles. The van der Waals surface area contributed by atoms with Crippen LogP contribution in [0.5, 0.6) is 5.75 Å². The highest BCUT2D eigenvalue weighted by Gasteiger charge is 2.21. The Morgan fingerprint density at radius 1 is 0.950 bits per heavy atom. The molecule has 0 bridgehead atoms. The molecule has 2 rings (SSSR count). The van der Waals surface area contributed by atoms with E-state index in [1.165, 1.54) is 50.5 Å². The van der Waals surface area contributed by atoms with Crippen LogP contribution in [0.15, 0.2) is 24.3 Å². The van der Waals surface area contributed by atoms with Crippen molar-refractivity contribution in [3.8, 4) is 5.75 Å². The molecule has 1 aliphatic carbocycles. The van der Waals surface area contributed by atoms with Gasteiger partial charge in [-0.2, -0.15) is 0 Å². The van der Waals surface area contributed by atoms with E-state index in [2.05, 4.69) is 38.1 Å². The summed E-state index contributed by atoms with van der Waals surface area (Å²) in [6.07, 6.45) is 10.7. The molecular formula is C19H30O. The molecule has 1 fully saturated rings. The summed E-state index contributed by atoms with van der Waals surface area (Å²) in [5, 5.41) is 0. The molecule has 0 amide bonds. The number of unbranched alkanes of at least 4 members (excludes halogenated alkanes) is 1. The Labute approximate surface area is 124 Å². The largest absolute Gasteiger partial charge is 0.494 e. The Hall–Kier alpha value is -0.980. The van der Waals surface area contributed by atoms with Crippen LogP contribution in [-0.2, 0) is 0 Å². The van der Waals surface area contributed by atoms with Gasteiger partial charge in [-0.3, -0.25) is 0 Å². The zero-order valence-electron chi connectivity index (χ0n) is 13.2. The lowest BCUT2D eigenvalue weighted by Crippen LogP contribution is -2.13. The van der Waals surface area contributed by atoms with Crippen LogP contribution < -0.4 is 4.74 Å². The third-order valence-electron chi connectivity index (χ3n) is 4.66. The highest BCUT2D eigenvalue weighted by atomic mass is 16.5. The molecule has 0 unspecified atom stereocenters. The van der Waals surface area contributed by atoms with Gasteiger partial charge in [0.1, 0.15) is 5.75 Å². The van der Waals surface area contributed by atoms with Gasteiger partial charge in [0, 0.05) is 0 Å². The van der Waals surface area contributed by atoms with Crippen LogP contribution in [0.1, 0.15) is 76.7 Å². The lowest BCUT2D eigenvalue weighted by Gasteiger charge is -2.28. The zero-order chi connectivity index (χ0) is 14.2. The monoisotopic (exact) mass is 274 g/mol. The van der Waals surface area contributed by atoms with Crippen LogP contribution >= 0.6 is 0 Å². The highest BCUT2D eigenvalue weighted by Crippen LogP contribution is 2.37. The number of benzene rings is 1. The first-order valence-electron chi connectivity index (χ1n) is 8.56. The van der Waals surface area contributed by atoms with Crippen molar-refractivity contribution in [3.63, 3.8) is 0 Å². The van der Waals surface area contributed by atoms with Crippen molar-refractivity contribution in [1.82, 2.24) is 0 Å². The van der Waals surface area contributed by atoms with E-state index in [4.69, 9.17) is 4.74 Å². The Morgan fingerprint density at radius 3 is 2.25 bits per heavy atom. The molecule has 0 radical (unpaired) electrons. The van der Waals surface area contributed by atoms with Crippen molar-refractivity contribution in [1.29, 1.82) is 0 Å². The molecule has 1 aromatic rings. The van der Waals surface area contributed by atoms with Crippen LogP contribution in [0.25, 0.3) is 0 Å². The van der Waals surface area contributed by atoms with Gasteiger partial charge in [-0.25, -0.2) is 0 Å². The van der Waals surface area contributed by atoms with E-state index in [1.54, 1.807) is 0 Å². The van der Waals surface area contributed by atoms with Crippen molar-refractivity contribution in [2.45, 2.75) is 71.1 Å². The van der Waals surface area contributed by atoms with E-state index in [1.807, 2.05) is 0 Å². The summed E-state index contributed by atoms with van der Waals surface area (Å²) >= 11 is 0. The molecule has 1 nitrogen and oxygen atoms in total. The average molecular weight is 274 g/mol. The molecule has 0 saturated heterocycles. The van der Waals surface area contributed by atoms with E-state index in [0.717, 1.165) is 30.6 Å². The van der Waals surface area contributed by atoms with Crippen LogP contribution in [0, 0.1) is 5.92 Å². The molecule has 20 heavy (non-hydrogen) atoms. The Morgan fingerprint density at radius 2 is 1.65 bits per heavy atom. The Bertz CT molecular complexity index is 360. The predicted molar refractivity (Wildman–Crippen MR) is 86.5 cm³/mol. The quantitative estimate of drug-likeness (QED) is 0.559. The molecular weight excluding hydrogens is 244 g/mol. The summed E-state index contributed by atoms with van der Waals surface area (Å²) in [5.41, 5.74) is 1.52. The van der Waals surface area contributed by atoms with Crippen molar-refractivity contribution >= 4 is 0 Å². The molecule has 1 saturated carbocycles. The molecule has 0 N–H and O–H groups in total. The van der Waals surface area contributed by atoms with Crippen LogP contribution in [0.2, 0.25) is 0 Å². The molecule has 1 heteroatoms. The minimum Gasteiger partial charge on any atom is -0.494 e. The second-order valence-electron chi connectivity index (χ2n) is 6.28. The van der Waals surface area contributed by atoms with Crippen LogP contribution in [0.4, 0.5) is 0 Å². The van der Waals surface area contributed by atoms with Crippen molar-refractivity contribution in [2.24, 2.45) is 5.92 Å². The third kappa shape index (κ3) is 4.54. The van der Waals surface area contributed by atoms with Crippen molar-refractivity contribution in [3.05, 3.63) is 29.8 Å². The van der Waals surface area contributed by atoms with Gasteiger partial charge < -0.3 is 4.74 Å². The smallest absolute Gasteiger partial charge is 0.119 e. The van der Waals surface area contributed by atoms with E-state index in [9.17, 15) is 0 Å². The minimum atomic E-state index is 0.785. The van der Waals surface area contributed by atoms with Gasteiger partial charge >= 0.3 is 0 Å². The first-order chi connectivity index (χ1) is 9.83. The van der Waals surface area contributed by atoms with Crippen molar-refractivity contribution < 1.29 is 4.74 Å². The second-order valence-corrected chi connectivity index (χ2v) is 6.28. The normalized spacial score (nSPS) is 22.7. The Kier molecular flexibility index (Phi) is 6.42. The SMILES string of the molecule is CCCCOc1ccc(C2CCC(CCC)CC2)cc1. The number of ether oxygens (including phenoxy) is 1. The maximum atomic E-state index is 5.74. The fourth-order valence-electron chi connectivity index (χ4n) is 3.36. The fraction of sp³-hybridized carbons (Fsp3) is 0.684. The van der Waals surface area contributed by atoms with E-state index >= 15 is 0 Å². The van der Waals surface area contributed by atoms with Gasteiger partial charge in [-0.15, -0.1) is 0 Å². The summed E-state index contributed by atoms with van der Waals surface area (Å²) in [4.78, 5) is 0. The summed E-state index contributed by atoms with van der Waals surface area (Å²) in [6.45, 7) is 5.35. The molecule has 1 aliphatic rings. The van der Waals surface area contributed by atoms with Gasteiger partial charge in [0.05, 0.1) is 6.61 Å². The molecule has 0 spiro atoms. The van der Waals surface area contributed by atoms with Crippen LogP contribution in [0.3, 0.4) is 0 Å². The summed E-state index contributed by atoms with van der Waals surface area (Å²) in [6, 6.07) is 8.88. The number of rotatable bonds is 7. The second kappa shape index (κ2) is 8.34. The summed E-state index contributed by atoms with van der Waals surface area (Å²) in [7, 11) is 0. The van der Waals surface area contributed by atoms with Crippen molar-refractivity contribution in [2.75, 3.05) is 6.61 Å². The summed E-state index contributed by atoms with van der Waals surface area (Å²) in [5.74, 6) is 2.81. The molecule has 1 aromatic carbocycles. The molecule has 0 atom stereocenters. The molecule has 0 heterocycles. The van der Waals surface area contributed by atoms with E-state index < -0.39 is 0 Å². The topological polar surface area (TPSA) is 9.23 Å². The van der Waals surface area contributed by atoms with Gasteiger partial charge in [0.25, 0.3) is 0 Å².